The Labute approximate surface area is 213 Å². The number of aromatic nitrogens is 4. The van der Waals surface area contributed by atoms with Gasteiger partial charge in [0.05, 0.1) is 29.6 Å². The second-order valence-corrected chi connectivity index (χ2v) is 8.91. The first-order valence-electron chi connectivity index (χ1n) is 11.8. The van der Waals surface area contributed by atoms with Crippen molar-refractivity contribution in [2.75, 3.05) is 18.1 Å². The summed E-state index contributed by atoms with van der Waals surface area (Å²) in [7, 11) is 0. The van der Waals surface area contributed by atoms with Gasteiger partial charge < -0.3 is 36.7 Å². The first-order valence-corrected chi connectivity index (χ1v) is 11.8. The first-order chi connectivity index (χ1) is 17.8. The number of aryl methyl sites for hydroxylation is 1. The molecule has 188 valence electrons. The van der Waals surface area contributed by atoms with Gasteiger partial charge in [0.25, 0.3) is 0 Å². The van der Waals surface area contributed by atoms with E-state index >= 15 is 0 Å². The van der Waals surface area contributed by atoms with Crippen LogP contribution < -0.4 is 21.9 Å². The molecule has 10 nitrogen and oxygen atoms in total. The van der Waals surface area contributed by atoms with Crippen LogP contribution in [0.2, 0.25) is 0 Å². The normalized spacial score (nSPS) is 12.1. The molecular weight excluding hydrogens is 468 g/mol. The minimum atomic E-state index is -0.277. The van der Waals surface area contributed by atoms with Gasteiger partial charge >= 0.3 is 0 Å². The van der Waals surface area contributed by atoms with Crippen molar-refractivity contribution in [2.24, 2.45) is 5.73 Å². The van der Waals surface area contributed by atoms with Gasteiger partial charge in [-0.2, -0.15) is 0 Å². The highest BCUT2D eigenvalue weighted by Gasteiger charge is 2.20. The van der Waals surface area contributed by atoms with Gasteiger partial charge in [0.15, 0.2) is 17.4 Å². The van der Waals surface area contributed by atoms with E-state index in [9.17, 15) is 0 Å². The highest BCUT2D eigenvalue weighted by atomic mass is 16.5. The molecule has 0 spiro atoms. The number of furan rings is 1. The standard InChI is InChI=1S/C27H28N8O2/c1-14(28)24-27(31)33-12-22(34-24)20-10-23(26(30)35-25(20)18-7-8-36-15(18)2)37-13-17(29)9-16-11-32-21-6-4-3-5-19(16)21/h3-8,10-12,17,28,32H,9,13,29H2,1-2H3,(H2,30,35)(H2,31,33). The van der Waals surface area contributed by atoms with Crippen LogP contribution in [0.15, 0.2) is 59.5 Å². The lowest BCUT2D eigenvalue weighted by atomic mass is 10.0. The summed E-state index contributed by atoms with van der Waals surface area (Å²) < 4.78 is 11.6. The Bertz CT molecular complexity index is 1600. The van der Waals surface area contributed by atoms with Crippen LogP contribution in [0.5, 0.6) is 5.75 Å². The Hall–Kier alpha value is -4.70. The van der Waals surface area contributed by atoms with Crippen LogP contribution in [-0.4, -0.2) is 38.3 Å². The molecule has 4 aromatic heterocycles. The SMILES string of the molecule is CC(=N)c1nc(-c2cc(OCC(N)Cc3c[nH]c4ccccc34)c(N)nc2-c2ccoc2C)cnc1N. The van der Waals surface area contributed by atoms with E-state index in [2.05, 4.69) is 26.0 Å². The Balaban J connectivity index is 1.47. The number of H-pyrrole nitrogens is 1. The van der Waals surface area contributed by atoms with Crippen LogP contribution in [0.25, 0.3) is 33.4 Å². The molecule has 0 radical (unpaired) electrons. The van der Waals surface area contributed by atoms with Crippen molar-refractivity contribution in [2.45, 2.75) is 26.3 Å². The molecule has 1 aromatic carbocycles. The lowest BCUT2D eigenvalue weighted by molar-refractivity contribution is 0.288. The monoisotopic (exact) mass is 496 g/mol. The van der Waals surface area contributed by atoms with Crippen molar-refractivity contribution in [1.29, 1.82) is 5.41 Å². The van der Waals surface area contributed by atoms with Crippen LogP contribution in [0.1, 0.15) is 23.9 Å². The summed E-state index contributed by atoms with van der Waals surface area (Å²) in [5.74, 6) is 1.45. The van der Waals surface area contributed by atoms with E-state index < -0.39 is 0 Å². The van der Waals surface area contributed by atoms with Gasteiger partial charge in [0, 0.05) is 34.3 Å². The van der Waals surface area contributed by atoms with E-state index in [4.69, 9.17) is 31.8 Å². The smallest absolute Gasteiger partial charge is 0.166 e. The van der Waals surface area contributed by atoms with Crippen LogP contribution in [0, 0.1) is 12.3 Å². The number of nitrogens with one attached hydrogen (secondary N) is 2. The third-order valence-electron chi connectivity index (χ3n) is 6.17. The Morgan fingerprint density at radius 3 is 2.70 bits per heavy atom. The van der Waals surface area contributed by atoms with Gasteiger partial charge in [-0.15, -0.1) is 0 Å². The topological polar surface area (TPSA) is 179 Å². The Morgan fingerprint density at radius 1 is 1.14 bits per heavy atom. The number of anilines is 2. The summed E-state index contributed by atoms with van der Waals surface area (Å²) in [5, 5.41) is 9.15. The molecular formula is C27H28N8O2. The molecule has 10 heteroatoms. The molecule has 0 aliphatic carbocycles. The molecule has 5 aromatic rings. The van der Waals surface area contributed by atoms with Crippen LogP contribution in [0.4, 0.5) is 11.6 Å². The van der Waals surface area contributed by atoms with Gasteiger partial charge in [-0.3, -0.25) is 0 Å². The minimum Gasteiger partial charge on any atom is -0.488 e. The number of ether oxygens (including phenoxy) is 1. The minimum absolute atomic E-state index is 0.181. The molecule has 0 aliphatic rings. The summed E-state index contributed by atoms with van der Waals surface area (Å²) in [6, 6.07) is 11.4. The average molecular weight is 497 g/mol. The van der Waals surface area contributed by atoms with Crippen molar-refractivity contribution < 1.29 is 9.15 Å². The molecule has 0 saturated carbocycles. The fourth-order valence-electron chi connectivity index (χ4n) is 4.30. The van der Waals surface area contributed by atoms with E-state index in [1.807, 2.05) is 37.4 Å². The molecule has 8 N–H and O–H groups in total. The number of fused-ring (bicyclic) bond motifs is 1. The molecule has 0 aliphatic heterocycles. The molecule has 0 amide bonds. The fraction of sp³-hybridized carbons (Fsp3) is 0.185. The fourth-order valence-corrected chi connectivity index (χ4v) is 4.30. The lowest BCUT2D eigenvalue weighted by Gasteiger charge is -2.17. The largest absolute Gasteiger partial charge is 0.488 e. The maximum absolute atomic E-state index is 8.01. The number of nitrogens with two attached hydrogens (primary N) is 3. The quantitative estimate of drug-likeness (QED) is 0.199. The predicted molar refractivity (Wildman–Crippen MR) is 145 cm³/mol. The Kier molecular flexibility index (Phi) is 6.33. The number of hydrogen-bond acceptors (Lipinski definition) is 9. The number of hydrogen-bond donors (Lipinski definition) is 5. The van der Waals surface area contributed by atoms with Crippen molar-refractivity contribution in [3.05, 3.63) is 72.1 Å². The van der Waals surface area contributed by atoms with Gasteiger partial charge in [0.2, 0.25) is 0 Å². The van der Waals surface area contributed by atoms with Crippen molar-refractivity contribution in [3.63, 3.8) is 0 Å². The van der Waals surface area contributed by atoms with Gasteiger partial charge in [-0.25, -0.2) is 15.0 Å². The van der Waals surface area contributed by atoms with Crippen molar-refractivity contribution >= 4 is 28.3 Å². The maximum atomic E-state index is 8.01. The number of benzene rings is 1. The zero-order valence-corrected chi connectivity index (χ0v) is 20.6. The van der Waals surface area contributed by atoms with E-state index in [0.717, 1.165) is 22.0 Å². The molecule has 1 atom stereocenters. The third-order valence-corrected chi connectivity index (χ3v) is 6.17. The zero-order chi connectivity index (χ0) is 26.1. The number of nitrogen functional groups attached to an aromatic ring is 2. The lowest BCUT2D eigenvalue weighted by Crippen LogP contribution is -2.30. The summed E-state index contributed by atoms with van der Waals surface area (Å²) in [5.41, 5.74) is 23.8. The van der Waals surface area contributed by atoms with E-state index in [1.54, 1.807) is 25.5 Å². The number of nitrogens with zero attached hydrogens (tertiary/aromatic N) is 3. The number of rotatable bonds is 8. The maximum Gasteiger partial charge on any atom is 0.166 e. The zero-order valence-electron chi connectivity index (χ0n) is 20.6. The van der Waals surface area contributed by atoms with Crippen LogP contribution in [-0.2, 0) is 6.42 Å². The summed E-state index contributed by atoms with van der Waals surface area (Å²) >= 11 is 0. The first kappa shape index (κ1) is 24.0. The molecule has 0 bridgehead atoms. The molecule has 0 fully saturated rings. The van der Waals surface area contributed by atoms with E-state index in [-0.39, 0.29) is 30.0 Å². The number of pyridine rings is 1. The second kappa shape index (κ2) is 9.75. The molecule has 37 heavy (non-hydrogen) atoms. The second-order valence-electron chi connectivity index (χ2n) is 8.91. The molecule has 5 rings (SSSR count). The van der Waals surface area contributed by atoms with Gasteiger partial charge in [0.1, 0.15) is 18.1 Å². The average Bonchev–Trinajstić information content (AvgIpc) is 3.49. The van der Waals surface area contributed by atoms with Crippen molar-refractivity contribution in [1.82, 2.24) is 19.9 Å². The van der Waals surface area contributed by atoms with Crippen molar-refractivity contribution in [3.8, 4) is 28.3 Å². The predicted octanol–water partition coefficient (Wildman–Crippen LogP) is 4.09. The van der Waals surface area contributed by atoms with E-state index in [1.165, 1.54) is 0 Å². The van der Waals surface area contributed by atoms with E-state index in [0.29, 0.717) is 40.6 Å². The highest BCUT2D eigenvalue weighted by molar-refractivity contribution is 5.99. The molecule has 4 heterocycles. The van der Waals surface area contributed by atoms with Gasteiger partial charge in [-0.1, -0.05) is 18.2 Å². The summed E-state index contributed by atoms with van der Waals surface area (Å²) in [6.45, 7) is 3.68. The van der Waals surface area contributed by atoms with Crippen LogP contribution >= 0.6 is 0 Å². The third kappa shape index (κ3) is 4.74. The van der Waals surface area contributed by atoms with Crippen LogP contribution in [0.3, 0.4) is 0 Å². The number of aromatic amines is 1. The Morgan fingerprint density at radius 2 is 1.95 bits per heavy atom. The summed E-state index contributed by atoms with van der Waals surface area (Å²) in [4.78, 5) is 16.7. The highest BCUT2D eigenvalue weighted by Crippen LogP contribution is 2.37. The molecule has 1 unspecified atom stereocenters. The molecule has 0 saturated heterocycles. The summed E-state index contributed by atoms with van der Waals surface area (Å²) in [6.07, 6.45) is 5.73. The number of para-hydroxylation sites is 1. The van der Waals surface area contributed by atoms with Gasteiger partial charge in [-0.05, 0) is 44.0 Å².